The number of hydrazine groups is 1. The molecular formula is C16H15F3N4O3S. The summed E-state index contributed by atoms with van der Waals surface area (Å²) in [7, 11) is 0. The summed E-state index contributed by atoms with van der Waals surface area (Å²) in [6.45, 7) is 2.39. The number of hydrogen-bond donors (Lipinski definition) is 3. The third kappa shape index (κ3) is 5.71. The number of rotatable bonds is 6. The van der Waals surface area contributed by atoms with Crippen LogP contribution in [0, 0.1) is 10.1 Å². The first kappa shape index (κ1) is 20.2. The molecule has 3 N–H and O–H groups in total. The van der Waals surface area contributed by atoms with Crippen LogP contribution in [0.3, 0.4) is 0 Å². The fourth-order valence-electron chi connectivity index (χ4n) is 2.05. The second-order valence-electron chi connectivity index (χ2n) is 5.15. The molecule has 0 aromatic heterocycles. The van der Waals surface area contributed by atoms with E-state index in [-0.39, 0.29) is 10.8 Å². The van der Waals surface area contributed by atoms with E-state index in [1.54, 1.807) is 24.3 Å². The minimum atomic E-state index is -4.68. The van der Waals surface area contributed by atoms with Crippen LogP contribution in [-0.4, -0.2) is 16.6 Å². The molecule has 144 valence electrons. The molecule has 0 fully saturated rings. The molecule has 0 amide bonds. The summed E-state index contributed by atoms with van der Waals surface area (Å²) >= 11 is 5.05. The summed E-state index contributed by atoms with van der Waals surface area (Å²) in [6.07, 6.45) is -4.68. The van der Waals surface area contributed by atoms with Crippen LogP contribution in [0.4, 0.5) is 30.2 Å². The maximum absolute atomic E-state index is 12.7. The first-order chi connectivity index (χ1) is 12.7. The summed E-state index contributed by atoms with van der Waals surface area (Å²) in [4.78, 5) is 10.1. The van der Waals surface area contributed by atoms with Crippen LogP contribution < -0.4 is 20.9 Å². The van der Waals surface area contributed by atoms with E-state index in [0.717, 1.165) is 12.1 Å². The Hall–Kier alpha value is -3.08. The van der Waals surface area contributed by atoms with Crippen LogP contribution in [0.2, 0.25) is 0 Å². The molecule has 2 aromatic carbocycles. The maximum Gasteiger partial charge on any atom is 0.416 e. The Morgan fingerprint density at radius 3 is 2.44 bits per heavy atom. The first-order valence-corrected chi connectivity index (χ1v) is 8.03. The van der Waals surface area contributed by atoms with Gasteiger partial charge in [-0.3, -0.25) is 21.0 Å². The quantitative estimate of drug-likeness (QED) is 0.378. The smallest absolute Gasteiger partial charge is 0.416 e. The van der Waals surface area contributed by atoms with Crippen LogP contribution in [-0.2, 0) is 6.18 Å². The van der Waals surface area contributed by atoms with Gasteiger partial charge in [-0.1, -0.05) is 0 Å². The molecule has 2 aromatic rings. The zero-order valence-electron chi connectivity index (χ0n) is 14.0. The number of nitro groups is 1. The molecule has 0 saturated carbocycles. The van der Waals surface area contributed by atoms with Gasteiger partial charge in [0, 0.05) is 11.8 Å². The van der Waals surface area contributed by atoms with Crippen molar-refractivity contribution in [2.45, 2.75) is 13.1 Å². The van der Waals surface area contributed by atoms with Gasteiger partial charge in [0.2, 0.25) is 0 Å². The van der Waals surface area contributed by atoms with Crippen LogP contribution in [0.25, 0.3) is 0 Å². The van der Waals surface area contributed by atoms with Gasteiger partial charge in [-0.2, -0.15) is 13.2 Å². The van der Waals surface area contributed by atoms with Gasteiger partial charge in [-0.05, 0) is 55.5 Å². The average Bonchev–Trinajstić information content (AvgIpc) is 2.61. The second-order valence-corrected chi connectivity index (χ2v) is 5.56. The van der Waals surface area contributed by atoms with Crippen molar-refractivity contribution >= 4 is 34.4 Å². The SMILES string of the molecule is CCOc1ccc(NC(=S)NNc2ccc(C(F)(F)F)cc2[N+](=O)[O-])cc1. The van der Waals surface area contributed by atoms with Crippen molar-refractivity contribution < 1.29 is 22.8 Å². The Morgan fingerprint density at radius 1 is 1.22 bits per heavy atom. The summed E-state index contributed by atoms with van der Waals surface area (Å²) < 4.78 is 43.4. The van der Waals surface area contributed by atoms with Crippen LogP contribution in [0.15, 0.2) is 42.5 Å². The van der Waals surface area contributed by atoms with E-state index in [0.29, 0.717) is 24.1 Å². The molecule has 0 saturated heterocycles. The van der Waals surface area contributed by atoms with Crippen LogP contribution in [0.5, 0.6) is 5.75 Å². The zero-order valence-corrected chi connectivity index (χ0v) is 14.8. The van der Waals surface area contributed by atoms with Gasteiger partial charge >= 0.3 is 6.18 Å². The van der Waals surface area contributed by atoms with Gasteiger partial charge in [0.25, 0.3) is 5.69 Å². The van der Waals surface area contributed by atoms with E-state index in [2.05, 4.69) is 16.2 Å². The largest absolute Gasteiger partial charge is 0.494 e. The Labute approximate surface area is 157 Å². The minimum absolute atomic E-state index is 0.0633. The topological polar surface area (TPSA) is 88.5 Å². The third-order valence-corrected chi connectivity index (χ3v) is 3.46. The molecule has 0 aliphatic carbocycles. The average molecular weight is 400 g/mol. The Kier molecular flexibility index (Phi) is 6.40. The van der Waals surface area contributed by atoms with Crippen molar-refractivity contribution in [3.8, 4) is 5.75 Å². The molecule has 0 radical (unpaired) electrons. The normalized spacial score (nSPS) is 10.8. The molecule has 0 unspecified atom stereocenters. The number of ether oxygens (including phenoxy) is 1. The van der Waals surface area contributed by atoms with E-state index in [1.807, 2.05) is 6.92 Å². The van der Waals surface area contributed by atoms with Crippen molar-refractivity contribution in [2.75, 3.05) is 17.3 Å². The number of nitrogens with one attached hydrogen (secondary N) is 3. The molecule has 0 bridgehead atoms. The highest BCUT2D eigenvalue weighted by Gasteiger charge is 2.33. The number of hydrogen-bond acceptors (Lipinski definition) is 5. The number of thiocarbonyl (C=S) groups is 1. The lowest BCUT2D eigenvalue weighted by Crippen LogP contribution is -2.33. The monoisotopic (exact) mass is 400 g/mol. The Bertz CT molecular complexity index is 829. The molecule has 0 aliphatic heterocycles. The molecule has 0 aliphatic rings. The van der Waals surface area contributed by atoms with Crippen molar-refractivity contribution in [1.29, 1.82) is 0 Å². The van der Waals surface area contributed by atoms with E-state index < -0.39 is 22.4 Å². The van der Waals surface area contributed by atoms with E-state index in [9.17, 15) is 23.3 Å². The van der Waals surface area contributed by atoms with Gasteiger partial charge < -0.3 is 10.1 Å². The van der Waals surface area contributed by atoms with Crippen molar-refractivity contribution in [3.63, 3.8) is 0 Å². The molecule has 11 heteroatoms. The molecular weight excluding hydrogens is 385 g/mol. The lowest BCUT2D eigenvalue weighted by molar-refractivity contribution is -0.384. The Balaban J connectivity index is 2.02. The lowest BCUT2D eigenvalue weighted by Gasteiger charge is -2.14. The van der Waals surface area contributed by atoms with Gasteiger partial charge in [0.1, 0.15) is 11.4 Å². The summed E-state index contributed by atoms with van der Waals surface area (Å²) in [6, 6.07) is 9.00. The zero-order chi connectivity index (χ0) is 20.0. The van der Waals surface area contributed by atoms with Gasteiger partial charge in [-0.15, -0.1) is 0 Å². The number of alkyl halides is 3. The molecule has 0 atom stereocenters. The minimum Gasteiger partial charge on any atom is -0.494 e. The first-order valence-electron chi connectivity index (χ1n) is 7.62. The number of nitro benzene ring substituents is 1. The number of benzene rings is 2. The second kappa shape index (κ2) is 8.54. The summed E-state index contributed by atoms with van der Waals surface area (Å²) in [5.41, 5.74) is 3.54. The highest BCUT2D eigenvalue weighted by atomic mass is 32.1. The molecule has 0 heterocycles. The third-order valence-electron chi connectivity index (χ3n) is 3.26. The molecule has 27 heavy (non-hydrogen) atoms. The van der Waals surface area contributed by atoms with Crippen LogP contribution >= 0.6 is 12.2 Å². The standard InChI is InChI=1S/C16H15F3N4O3S/c1-2-26-12-6-4-11(5-7-12)20-15(27)22-21-13-8-3-10(16(17,18)19)9-14(13)23(24)25/h3-9,21H,2H2,1H3,(H2,20,22,27). The highest BCUT2D eigenvalue weighted by molar-refractivity contribution is 7.80. The van der Waals surface area contributed by atoms with Gasteiger partial charge in [0.05, 0.1) is 17.1 Å². The summed E-state index contributed by atoms with van der Waals surface area (Å²) in [5, 5.41) is 13.9. The highest BCUT2D eigenvalue weighted by Crippen LogP contribution is 2.34. The predicted octanol–water partition coefficient (Wildman–Crippen LogP) is 4.33. The predicted molar refractivity (Wildman–Crippen MR) is 98.7 cm³/mol. The number of halogens is 3. The fourth-order valence-corrected chi connectivity index (χ4v) is 2.22. The molecule has 0 spiro atoms. The fraction of sp³-hybridized carbons (Fsp3) is 0.188. The van der Waals surface area contributed by atoms with Crippen LogP contribution in [0.1, 0.15) is 12.5 Å². The number of anilines is 2. The number of nitrogens with zero attached hydrogens (tertiary/aromatic N) is 1. The van der Waals surface area contributed by atoms with E-state index in [1.165, 1.54) is 0 Å². The Morgan fingerprint density at radius 2 is 1.89 bits per heavy atom. The van der Waals surface area contributed by atoms with Crippen molar-refractivity contribution in [2.24, 2.45) is 0 Å². The van der Waals surface area contributed by atoms with E-state index in [4.69, 9.17) is 17.0 Å². The maximum atomic E-state index is 12.7. The molecule has 7 nitrogen and oxygen atoms in total. The van der Waals surface area contributed by atoms with Crippen molar-refractivity contribution in [3.05, 3.63) is 58.1 Å². The van der Waals surface area contributed by atoms with Crippen molar-refractivity contribution in [1.82, 2.24) is 5.43 Å². The lowest BCUT2D eigenvalue weighted by atomic mass is 10.1. The van der Waals surface area contributed by atoms with Gasteiger partial charge in [0.15, 0.2) is 5.11 Å². The summed E-state index contributed by atoms with van der Waals surface area (Å²) in [5.74, 6) is 0.681. The molecule has 2 rings (SSSR count). The van der Waals surface area contributed by atoms with Gasteiger partial charge in [-0.25, -0.2) is 0 Å². The van der Waals surface area contributed by atoms with E-state index >= 15 is 0 Å².